The Morgan fingerprint density at radius 2 is 2.19 bits per heavy atom. The molecule has 2 heterocycles. The predicted molar refractivity (Wildman–Crippen MR) is 64.4 cm³/mol. The Morgan fingerprint density at radius 3 is 2.94 bits per heavy atom. The highest BCUT2D eigenvalue weighted by Crippen LogP contribution is 2.40. The maximum absolute atomic E-state index is 4.19. The van der Waals surface area contributed by atoms with Crippen LogP contribution in [-0.4, -0.2) is 30.2 Å². The molecule has 2 fully saturated rings. The van der Waals surface area contributed by atoms with E-state index in [0.29, 0.717) is 12.0 Å². The fraction of sp³-hybridized carbons (Fsp3) is 0.615. The third-order valence-electron chi connectivity index (χ3n) is 3.69. The minimum absolute atomic E-state index is 0.701. The van der Waals surface area contributed by atoms with Crippen molar-refractivity contribution in [3.05, 3.63) is 30.1 Å². The topological polar surface area (TPSA) is 37.0 Å². The van der Waals surface area contributed by atoms with E-state index in [4.69, 9.17) is 0 Å². The zero-order valence-corrected chi connectivity index (χ0v) is 9.52. The number of hydrogen-bond acceptors (Lipinski definition) is 3. The minimum atomic E-state index is 0.701. The summed E-state index contributed by atoms with van der Waals surface area (Å²) in [5, 5.41) is 7.17. The second-order valence-corrected chi connectivity index (χ2v) is 4.93. The number of nitrogens with one attached hydrogen (secondary N) is 2. The lowest BCUT2D eigenvalue weighted by Crippen LogP contribution is -2.41. The molecule has 1 aromatic rings. The standard InChI is InChI=1S/C13H19N3/c1-2-10(9-15-5-1)12-8-13(12)16-11-3-6-14-7-4-11/h1-2,5,9,11-14,16H,3-4,6-8H2/t12?,13-/m0/s1. The Bertz CT molecular complexity index is 332. The largest absolute Gasteiger partial charge is 0.317 e. The fourth-order valence-corrected chi connectivity index (χ4v) is 2.63. The van der Waals surface area contributed by atoms with Gasteiger partial charge in [0, 0.05) is 30.4 Å². The number of nitrogens with zero attached hydrogens (tertiary/aromatic N) is 1. The molecule has 3 heteroatoms. The highest BCUT2D eigenvalue weighted by atomic mass is 15.0. The molecule has 1 unspecified atom stereocenters. The maximum atomic E-state index is 4.19. The van der Waals surface area contributed by atoms with Crippen LogP contribution in [0.15, 0.2) is 24.5 Å². The molecule has 0 radical (unpaired) electrons. The first kappa shape index (κ1) is 10.2. The smallest absolute Gasteiger partial charge is 0.0303 e. The summed E-state index contributed by atoms with van der Waals surface area (Å²) >= 11 is 0. The molecule has 16 heavy (non-hydrogen) atoms. The van der Waals surface area contributed by atoms with Crippen LogP contribution in [0.3, 0.4) is 0 Å². The molecule has 0 aromatic carbocycles. The molecule has 0 bridgehead atoms. The molecule has 1 aliphatic heterocycles. The van der Waals surface area contributed by atoms with Crippen molar-refractivity contribution in [3.8, 4) is 0 Å². The number of rotatable bonds is 3. The summed E-state index contributed by atoms with van der Waals surface area (Å²) in [6, 6.07) is 5.66. The molecular formula is C13H19N3. The Morgan fingerprint density at radius 1 is 1.31 bits per heavy atom. The molecule has 1 saturated carbocycles. The van der Waals surface area contributed by atoms with E-state index in [1.165, 1.54) is 37.9 Å². The molecule has 1 saturated heterocycles. The summed E-state index contributed by atoms with van der Waals surface area (Å²) < 4.78 is 0. The van der Waals surface area contributed by atoms with Gasteiger partial charge < -0.3 is 10.6 Å². The Balaban J connectivity index is 1.52. The van der Waals surface area contributed by atoms with Crippen LogP contribution < -0.4 is 10.6 Å². The van der Waals surface area contributed by atoms with Crippen molar-refractivity contribution in [1.82, 2.24) is 15.6 Å². The highest BCUT2D eigenvalue weighted by molar-refractivity contribution is 5.24. The van der Waals surface area contributed by atoms with E-state index in [0.717, 1.165) is 6.04 Å². The van der Waals surface area contributed by atoms with Gasteiger partial charge >= 0.3 is 0 Å². The number of aromatic nitrogens is 1. The zero-order chi connectivity index (χ0) is 10.8. The van der Waals surface area contributed by atoms with Crippen molar-refractivity contribution in [1.29, 1.82) is 0 Å². The maximum Gasteiger partial charge on any atom is 0.0303 e. The Labute approximate surface area is 96.7 Å². The fourth-order valence-electron chi connectivity index (χ4n) is 2.63. The van der Waals surface area contributed by atoms with Gasteiger partial charge in [-0.25, -0.2) is 0 Å². The van der Waals surface area contributed by atoms with Crippen LogP contribution in [0.5, 0.6) is 0 Å². The second kappa shape index (κ2) is 4.52. The van der Waals surface area contributed by atoms with E-state index in [9.17, 15) is 0 Å². The normalized spacial score (nSPS) is 30.2. The molecule has 0 spiro atoms. The Kier molecular flexibility index (Phi) is 2.89. The number of pyridine rings is 1. The highest BCUT2D eigenvalue weighted by Gasteiger charge is 2.39. The van der Waals surface area contributed by atoms with Crippen molar-refractivity contribution in [3.63, 3.8) is 0 Å². The summed E-state index contributed by atoms with van der Waals surface area (Å²) in [6.45, 7) is 2.34. The van der Waals surface area contributed by atoms with Gasteiger partial charge in [0.15, 0.2) is 0 Å². The third-order valence-corrected chi connectivity index (χ3v) is 3.69. The molecule has 2 atom stereocenters. The van der Waals surface area contributed by atoms with Crippen LogP contribution >= 0.6 is 0 Å². The van der Waals surface area contributed by atoms with Crippen molar-refractivity contribution in [2.75, 3.05) is 13.1 Å². The van der Waals surface area contributed by atoms with E-state index in [-0.39, 0.29) is 0 Å². The van der Waals surface area contributed by atoms with E-state index < -0.39 is 0 Å². The molecular weight excluding hydrogens is 198 g/mol. The van der Waals surface area contributed by atoms with E-state index in [1.807, 2.05) is 18.5 Å². The minimum Gasteiger partial charge on any atom is -0.317 e. The summed E-state index contributed by atoms with van der Waals surface area (Å²) in [5.74, 6) is 0.712. The lowest BCUT2D eigenvalue weighted by molar-refractivity contribution is 0.383. The van der Waals surface area contributed by atoms with Gasteiger partial charge in [0.05, 0.1) is 0 Å². The summed E-state index contributed by atoms with van der Waals surface area (Å²) in [6.07, 6.45) is 7.69. The van der Waals surface area contributed by atoms with Crippen molar-refractivity contribution >= 4 is 0 Å². The van der Waals surface area contributed by atoms with Crippen LogP contribution in [0.25, 0.3) is 0 Å². The van der Waals surface area contributed by atoms with Gasteiger partial charge in [-0.2, -0.15) is 0 Å². The summed E-state index contributed by atoms with van der Waals surface area (Å²) in [7, 11) is 0. The lowest BCUT2D eigenvalue weighted by Gasteiger charge is -2.23. The molecule has 2 N–H and O–H groups in total. The van der Waals surface area contributed by atoms with Gasteiger partial charge in [-0.3, -0.25) is 4.98 Å². The third kappa shape index (κ3) is 2.25. The predicted octanol–water partition coefficient (Wildman–Crippen LogP) is 1.28. The van der Waals surface area contributed by atoms with Crippen LogP contribution in [0, 0.1) is 0 Å². The average molecular weight is 217 g/mol. The zero-order valence-electron chi connectivity index (χ0n) is 9.52. The van der Waals surface area contributed by atoms with Crippen LogP contribution in [-0.2, 0) is 0 Å². The van der Waals surface area contributed by atoms with Crippen LogP contribution in [0.4, 0.5) is 0 Å². The molecule has 1 aromatic heterocycles. The molecule has 3 nitrogen and oxygen atoms in total. The first-order chi connectivity index (χ1) is 7.93. The van der Waals surface area contributed by atoms with Gasteiger partial charge in [-0.05, 0) is 44.0 Å². The average Bonchev–Trinajstić information content (AvgIpc) is 3.11. The van der Waals surface area contributed by atoms with E-state index in [1.54, 1.807) is 0 Å². The Hall–Kier alpha value is -0.930. The first-order valence-corrected chi connectivity index (χ1v) is 6.30. The van der Waals surface area contributed by atoms with E-state index >= 15 is 0 Å². The van der Waals surface area contributed by atoms with Crippen LogP contribution in [0.1, 0.15) is 30.7 Å². The summed E-state index contributed by atoms with van der Waals surface area (Å²) in [4.78, 5) is 4.19. The van der Waals surface area contributed by atoms with Crippen molar-refractivity contribution < 1.29 is 0 Å². The molecule has 2 aliphatic rings. The van der Waals surface area contributed by atoms with Gasteiger partial charge in [-0.15, -0.1) is 0 Å². The van der Waals surface area contributed by atoms with Crippen LogP contribution in [0.2, 0.25) is 0 Å². The van der Waals surface area contributed by atoms with Gasteiger partial charge in [0.2, 0.25) is 0 Å². The lowest BCUT2D eigenvalue weighted by atomic mass is 10.1. The molecule has 3 rings (SSSR count). The SMILES string of the molecule is c1cncc(C2C[C@@H]2NC2CCNCC2)c1. The number of piperidine rings is 1. The molecule has 1 aliphatic carbocycles. The van der Waals surface area contributed by atoms with Gasteiger partial charge in [0.25, 0.3) is 0 Å². The van der Waals surface area contributed by atoms with Gasteiger partial charge in [0.1, 0.15) is 0 Å². The van der Waals surface area contributed by atoms with Crippen molar-refractivity contribution in [2.24, 2.45) is 0 Å². The van der Waals surface area contributed by atoms with Crippen molar-refractivity contribution in [2.45, 2.75) is 37.3 Å². The molecule has 0 amide bonds. The summed E-state index contributed by atoms with van der Waals surface area (Å²) in [5.41, 5.74) is 1.40. The molecule has 86 valence electrons. The van der Waals surface area contributed by atoms with Gasteiger partial charge in [-0.1, -0.05) is 6.07 Å². The quantitative estimate of drug-likeness (QED) is 0.801. The van der Waals surface area contributed by atoms with E-state index in [2.05, 4.69) is 21.7 Å². The second-order valence-electron chi connectivity index (χ2n) is 4.93. The monoisotopic (exact) mass is 217 g/mol. The first-order valence-electron chi connectivity index (χ1n) is 6.30. The number of hydrogen-bond donors (Lipinski definition) is 2.